The average molecular weight is 371 g/mol. The predicted octanol–water partition coefficient (Wildman–Crippen LogP) is 3.06. The zero-order valence-electron chi connectivity index (χ0n) is 15.2. The van der Waals surface area contributed by atoms with Crippen LogP contribution < -0.4 is 10.1 Å². The van der Waals surface area contributed by atoms with Crippen molar-refractivity contribution in [3.05, 3.63) is 59.7 Å². The largest absolute Gasteiger partial charge is 0.494 e. The van der Waals surface area contributed by atoms with E-state index in [0.29, 0.717) is 18.7 Å². The highest BCUT2D eigenvalue weighted by Gasteiger charge is 2.15. The van der Waals surface area contributed by atoms with Crippen molar-refractivity contribution < 1.29 is 28.6 Å². The highest BCUT2D eigenvalue weighted by molar-refractivity contribution is 5.99. The molecule has 7 heteroatoms. The van der Waals surface area contributed by atoms with Crippen molar-refractivity contribution in [2.75, 3.05) is 26.1 Å². The van der Waals surface area contributed by atoms with Crippen molar-refractivity contribution in [2.24, 2.45) is 0 Å². The molecule has 2 aromatic carbocycles. The summed E-state index contributed by atoms with van der Waals surface area (Å²) in [5.41, 5.74) is 0.596. The summed E-state index contributed by atoms with van der Waals surface area (Å²) < 4.78 is 14.9. The van der Waals surface area contributed by atoms with Crippen molar-refractivity contribution in [3.63, 3.8) is 0 Å². The number of hydrogen-bond acceptors (Lipinski definition) is 6. The highest BCUT2D eigenvalue weighted by atomic mass is 16.5. The molecule has 0 bridgehead atoms. The molecule has 0 atom stereocenters. The van der Waals surface area contributed by atoms with E-state index in [1.807, 2.05) is 30.3 Å². The Hall–Kier alpha value is -3.35. The van der Waals surface area contributed by atoms with Crippen LogP contribution in [-0.2, 0) is 14.3 Å². The van der Waals surface area contributed by atoms with Crippen LogP contribution in [0.3, 0.4) is 0 Å². The van der Waals surface area contributed by atoms with Gasteiger partial charge in [-0.25, -0.2) is 9.59 Å². The first kappa shape index (κ1) is 20.0. The maximum absolute atomic E-state index is 12.1. The minimum Gasteiger partial charge on any atom is -0.494 e. The van der Waals surface area contributed by atoms with Crippen LogP contribution in [0, 0.1) is 0 Å². The van der Waals surface area contributed by atoms with E-state index >= 15 is 0 Å². The molecule has 0 radical (unpaired) electrons. The van der Waals surface area contributed by atoms with Crippen molar-refractivity contribution >= 4 is 23.5 Å². The number of hydrogen-bond donors (Lipinski definition) is 1. The summed E-state index contributed by atoms with van der Waals surface area (Å²) in [5.74, 6) is -0.754. The summed E-state index contributed by atoms with van der Waals surface area (Å²) in [7, 11) is 2.47. The van der Waals surface area contributed by atoms with Gasteiger partial charge in [-0.3, -0.25) is 4.79 Å². The Morgan fingerprint density at radius 1 is 0.889 bits per heavy atom. The molecule has 1 amide bonds. The van der Waals surface area contributed by atoms with Gasteiger partial charge in [-0.2, -0.15) is 0 Å². The molecule has 0 fully saturated rings. The Morgan fingerprint density at radius 3 is 2.04 bits per heavy atom. The number of methoxy groups -OCH3 is 2. The summed E-state index contributed by atoms with van der Waals surface area (Å²) >= 11 is 0. The van der Waals surface area contributed by atoms with Crippen molar-refractivity contribution in [3.8, 4) is 5.75 Å². The van der Waals surface area contributed by atoms with Crippen LogP contribution in [0.25, 0.3) is 0 Å². The quantitative estimate of drug-likeness (QED) is 0.566. The molecule has 0 saturated heterocycles. The summed E-state index contributed by atoms with van der Waals surface area (Å²) in [6, 6.07) is 13.5. The van der Waals surface area contributed by atoms with Crippen molar-refractivity contribution in [2.45, 2.75) is 12.8 Å². The molecule has 7 nitrogen and oxygen atoms in total. The lowest BCUT2D eigenvalue weighted by atomic mass is 10.1. The van der Waals surface area contributed by atoms with E-state index in [9.17, 15) is 14.4 Å². The monoisotopic (exact) mass is 371 g/mol. The Morgan fingerprint density at radius 2 is 1.48 bits per heavy atom. The van der Waals surface area contributed by atoms with Gasteiger partial charge in [0.1, 0.15) is 5.75 Å². The molecule has 0 saturated carbocycles. The van der Waals surface area contributed by atoms with Gasteiger partial charge in [0.2, 0.25) is 5.91 Å². The van der Waals surface area contributed by atoms with Crippen LogP contribution in [0.15, 0.2) is 48.5 Å². The minimum atomic E-state index is -0.618. The van der Waals surface area contributed by atoms with Crippen LogP contribution in [-0.4, -0.2) is 38.7 Å². The second-order valence-electron chi connectivity index (χ2n) is 5.60. The van der Waals surface area contributed by atoms with Crippen LogP contribution in [0.5, 0.6) is 5.75 Å². The topological polar surface area (TPSA) is 90.9 Å². The molecule has 0 heterocycles. The number of ether oxygens (including phenoxy) is 3. The number of para-hydroxylation sites is 1. The van der Waals surface area contributed by atoms with E-state index in [0.717, 1.165) is 5.75 Å². The zero-order valence-corrected chi connectivity index (χ0v) is 15.2. The second kappa shape index (κ2) is 9.96. The van der Waals surface area contributed by atoms with Gasteiger partial charge < -0.3 is 19.5 Å². The number of anilines is 1. The summed E-state index contributed by atoms with van der Waals surface area (Å²) in [5, 5.41) is 2.67. The highest BCUT2D eigenvalue weighted by Crippen LogP contribution is 2.17. The number of benzene rings is 2. The molecule has 0 aliphatic carbocycles. The molecule has 2 aromatic rings. The van der Waals surface area contributed by atoms with Gasteiger partial charge in [-0.05, 0) is 36.8 Å². The van der Waals surface area contributed by atoms with Crippen LogP contribution in [0.2, 0.25) is 0 Å². The fourth-order valence-corrected chi connectivity index (χ4v) is 2.33. The first-order valence-electron chi connectivity index (χ1n) is 8.33. The lowest BCUT2D eigenvalue weighted by Crippen LogP contribution is -2.15. The third-order valence-electron chi connectivity index (χ3n) is 3.62. The Kier molecular flexibility index (Phi) is 7.37. The zero-order chi connectivity index (χ0) is 19.6. The van der Waals surface area contributed by atoms with Crippen LogP contribution in [0.1, 0.15) is 33.6 Å². The fourth-order valence-electron chi connectivity index (χ4n) is 2.33. The lowest BCUT2D eigenvalue weighted by Gasteiger charge is -2.10. The predicted molar refractivity (Wildman–Crippen MR) is 98.9 cm³/mol. The minimum absolute atomic E-state index is 0.142. The Balaban J connectivity index is 1.95. The SMILES string of the molecule is COC(=O)c1cc(NC(=O)CCCOc2ccccc2)cc(C(=O)OC)c1. The van der Waals surface area contributed by atoms with E-state index in [-0.39, 0.29) is 23.5 Å². The third kappa shape index (κ3) is 6.14. The van der Waals surface area contributed by atoms with Gasteiger partial charge in [-0.1, -0.05) is 18.2 Å². The van der Waals surface area contributed by atoms with Gasteiger partial charge in [0.15, 0.2) is 0 Å². The van der Waals surface area contributed by atoms with Crippen LogP contribution in [0.4, 0.5) is 5.69 Å². The molecule has 1 N–H and O–H groups in total. The first-order chi connectivity index (χ1) is 13.0. The molecule has 27 heavy (non-hydrogen) atoms. The number of carbonyl (C=O) groups is 3. The smallest absolute Gasteiger partial charge is 0.337 e. The maximum Gasteiger partial charge on any atom is 0.337 e. The third-order valence-corrected chi connectivity index (χ3v) is 3.62. The lowest BCUT2D eigenvalue weighted by molar-refractivity contribution is -0.116. The molecular formula is C20H21NO6. The molecule has 0 aliphatic heterocycles. The molecule has 142 valence electrons. The number of amides is 1. The average Bonchev–Trinajstić information content (AvgIpc) is 2.70. The summed E-state index contributed by atoms with van der Waals surface area (Å²) in [4.78, 5) is 35.6. The fraction of sp³-hybridized carbons (Fsp3) is 0.250. The number of carbonyl (C=O) groups excluding carboxylic acids is 3. The normalized spacial score (nSPS) is 10.0. The molecule has 0 aliphatic rings. The number of nitrogens with one attached hydrogen (secondary N) is 1. The van der Waals surface area contributed by atoms with E-state index < -0.39 is 11.9 Å². The number of rotatable bonds is 8. The van der Waals surface area contributed by atoms with E-state index in [1.165, 1.54) is 32.4 Å². The van der Waals surface area contributed by atoms with Crippen molar-refractivity contribution in [1.29, 1.82) is 0 Å². The molecule has 0 spiro atoms. The molecule has 0 aromatic heterocycles. The van der Waals surface area contributed by atoms with Crippen molar-refractivity contribution in [1.82, 2.24) is 0 Å². The van der Waals surface area contributed by atoms with E-state index in [4.69, 9.17) is 4.74 Å². The first-order valence-corrected chi connectivity index (χ1v) is 8.33. The summed E-state index contributed by atoms with van der Waals surface area (Å²) in [6.45, 7) is 0.396. The summed E-state index contributed by atoms with van der Waals surface area (Å²) in [6.07, 6.45) is 0.740. The van der Waals surface area contributed by atoms with Gasteiger partial charge in [0.05, 0.1) is 32.0 Å². The van der Waals surface area contributed by atoms with Gasteiger partial charge in [0, 0.05) is 12.1 Å². The van der Waals surface area contributed by atoms with Gasteiger partial charge >= 0.3 is 11.9 Å². The van der Waals surface area contributed by atoms with Gasteiger partial charge in [-0.15, -0.1) is 0 Å². The second-order valence-corrected chi connectivity index (χ2v) is 5.60. The molecular weight excluding hydrogens is 350 g/mol. The molecule has 2 rings (SSSR count). The van der Waals surface area contributed by atoms with E-state index in [1.54, 1.807) is 0 Å². The van der Waals surface area contributed by atoms with Gasteiger partial charge in [0.25, 0.3) is 0 Å². The Labute approximate surface area is 157 Å². The number of esters is 2. The Bertz CT molecular complexity index is 769. The maximum atomic E-state index is 12.1. The molecule has 0 unspecified atom stereocenters. The van der Waals surface area contributed by atoms with Crippen LogP contribution >= 0.6 is 0 Å². The standard InChI is InChI=1S/C20H21NO6/c1-25-19(23)14-11-15(20(24)26-2)13-16(12-14)21-18(22)9-6-10-27-17-7-4-3-5-8-17/h3-5,7-8,11-13H,6,9-10H2,1-2H3,(H,21,22). The van der Waals surface area contributed by atoms with E-state index in [2.05, 4.69) is 14.8 Å².